The van der Waals surface area contributed by atoms with Crippen LogP contribution in [0, 0.1) is 0 Å². The molecular formula is C21H21N3O2. The molecule has 1 aromatic heterocycles. The van der Waals surface area contributed by atoms with Gasteiger partial charge in [0.2, 0.25) is 0 Å². The second kappa shape index (κ2) is 7.12. The van der Waals surface area contributed by atoms with E-state index in [1.54, 1.807) is 6.20 Å². The Morgan fingerprint density at radius 3 is 2.27 bits per heavy atom. The third-order valence-corrected chi connectivity index (χ3v) is 4.92. The summed E-state index contributed by atoms with van der Waals surface area (Å²) in [7, 11) is 0. The van der Waals surface area contributed by atoms with Crippen LogP contribution in [0.3, 0.4) is 0 Å². The van der Waals surface area contributed by atoms with E-state index in [4.69, 9.17) is 0 Å². The van der Waals surface area contributed by atoms with Crippen molar-refractivity contribution in [2.75, 3.05) is 13.1 Å². The molecule has 5 heteroatoms. The maximum absolute atomic E-state index is 13.2. The molecule has 132 valence electrons. The topological polar surface area (TPSA) is 53.5 Å². The highest BCUT2D eigenvalue weighted by molar-refractivity contribution is 6.35. The molecule has 0 saturated carbocycles. The predicted octanol–water partition coefficient (Wildman–Crippen LogP) is 2.85. The minimum Gasteiger partial charge on any atom is -0.366 e. The summed E-state index contributed by atoms with van der Waals surface area (Å²) in [6, 6.07) is 15.0. The van der Waals surface area contributed by atoms with Crippen LogP contribution in [0.25, 0.3) is 5.57 Å². The molecule has 3 heterocycles. The Bertz CT molecular complexity index is 840. The lowest BCUT2D eigenvalue weighted by molar-refractivity contribution is -0.138. The summed E-state index contributed by atoms with van der Waals surface area (Å²) in [5, 5.41) is 0. The minimum absolute atomic E-state index is 0.201. The van der Waals surface area contributed by atoms with Gasteiger partial charge in [0.15, 0.2) is 0 Å². The van der Waals surface area contributed by atoms with Crippen LogP contribution in [0.5, 0.6) is 0 Å². The number of benzene rings is 1. The molecule has 0 radical (unpaired) electrons. The van der Waals surface area contributed by atoms with E-state index in [1.165, 1.54) is 11.3 Å². The molecule has 2 aliphatic heterocycles. The summed E-state index contributed by atoms with van der Waals surface area (Å²) < 4.78 is 0. The molecule has 5 nitrogen and oxygen atoms in total. The van der Waals surface area contributed by atoms with E-state index in [2.05, 4.69) is 9.88 Å². The number of piperidine rings is 1. The van der Waals surface area contributed by atoms with Crippen molar-refractivity contribution in [3.8, 4) is 0 Å². The lowest BCUT2D eigenvalue weighted by Crippen LogP contribution is -2.37. The van der Waals surface area contributed by atoms with Gasteiger partial charge in [0.25, 0.3) is 11.8 Å². The number of hydrogen-bond acceptors (Lipinski definition) is 4. The van der Waals surface area contributed by atoms with Crippen molar-refractivity contribution >= 4 is 17.4 Å². The van der Waals surface area contributed by atoms with Crippen LogP contribution in [0.15, 0.2) is 60.4 Å². The number of rotatable bonds is 4. The standard InChI is InChI=1S/C21H21N3O2/c25-20-18(16-9-3-1-4-10-16)19(23-13-7-2-8-14-23)21(26)24(20)15-17-11-5-6-12-22-17/h1,3-6,9-12H,2,7-8,13-15H2. The zero-order valence-corrected chi connectivity index (χ0v) is 14.6. The van der Waals surface area contributed by atoms with Crippen LogP contribution in [-0.4, -0.2) is 39.7 Å². The van der Waals surface area contributed by atoms with E-state index < -0.39 is 0 Å². The van der Waals surface area contributed by atoms with Crippen molar-refractivity contribution in [2.24, 2.45) is 0 Å². The van der Waals surface area contributed by atoms with Crippen molar-refractivity contribution in [3.05, 3.63) is 71.7 Å². The van der Waals surface area contributed by atoms with Crippen LogP contribution in [0.2, 0.25) is 0 Å². The Morgan fingerprint density at radius 2 is 1.58 bits per heavy atom. The molecule has 4 rings (SSSR count). The maximum Gasteiger partial charge on any atom is 0.278 e. The van der Waals surface area contributed by atoms with Crippen LogP contribution < -0.4 is 0 Å². The summed E-state index contributed by atoms with van der Waals surface area (Å²) >= 11 is 0. The minimum atomic E-state index is -0.229. The highest BCUT2D eigenvalue weighted by Crippen LogP contribution is 2.33. The second-order valence-electron chi connectivity index (χ2n) is 6.65. The lowest BCUT2D eigenvalue weighted by Gasteiger charge is -2.29. The molecule has 1 fully saturated rings. The first-order chi connectivity index (χ1) is 12.8. The van der Waals surface area contributed by atoms with E-state index in [1.807, 2.05) is 48.5 Å². The smallest absolute Gasteiger partial charge is 0.278 e. The normalized spacial score (nSPS) is 18.0. The van der Waals surface area contributed by atoms with Gasteiger partial charge in [-0.1, -0.05) is 36.4 Å². The molecule has 2 amide bonds. The molecule has 1 saturated heterocycles. The number of carbonyl (C=O) groups is 2. The van der Waals surface area contributed by atoms with Gasteiger partial charge in [0.1, 0.15) is 5.70 Å². The second-order valence-corrected chi connectivity index (χ2v) is 6.65. The first kappa shape index (κ1) is 16.5. The number of likely N-dealkylation sites (tertiary alicyclic amines) is 1. The predicted molar refractivity (Wildman–Crippen MR) is 98.6 cm³/mol. The number of pyridine rings is 1. The number of amides is 2. The molecule has 0 unspecified atom stereocenters. The fourth-order valence-electron chi connectivity index (χ4n) is 3.64. The number of hydrogen-bond donors (Lipinski definition) is 0. The molecule has 0 N–H and O–H groups in total. The zero-order chi connectivity index (χ0) is 17.9. The Hall–Kier alpha value is -2.95. The largest absolute Gasteiger partial charge is 0.366 e. The average Bonchev–Trinajstić information content (AvgIpc) is 2.95. The first-order valence-electron chi connectivity index (χ1n) is 9.06. The van der Waals surface area contributed by atoms with E-state index >= 15 is 0 Å². The molecular weight excluding hydrogens is 326 g/mol. The van der Waals surface area contributed by atoms with Crippen molar-refractivity contribution < 1.29 is 9.59 Å². The van der Waals surface area contributed by atoms with Crippen molar-refractivity contribution in [2.45, 2.75) is 25.8 Å². The molecule has 0 spiro atoms. The van der Waals surface area contributed by atoms with Crippen molar-refractivity contribution in [1.29, 1.82) is 0 Å². The fourth-order valence-corrected chi connectivity index (χ4v) is 3.64. The van der Waals surface area contributed by atoms with Gasteiger partial charge in [-0.05, 0) is 37.0 Å². The Labute approximate surface area is 152 Å². The van der Waals surface area contributed by atoms with Gasteiger partial charge in [-0.25, -0.2) is 0 Å². The van der Waals surface area contributed by atoms with E-state index in [9.17, 15) is 9.59 Å². The maximum atomic E-state index is 13.2. The third kappa shape index (κ3) is 3.01. The Morgan fingerprint density at radius 1 is 0.846 bits per heavy atom. The van der Waals surface area contributed by atoms with Crippen LogP contribution in [0.4, 0.5) is 0 Å². The van der Waals surface area contributed by atoms with E-state index in [-0.39, 0.29) is 18.4 Å². The summed E-state index contributed by atoms with van der Waals surface area (Å²) in [5.41, 5.74) is 2.58. The zero-order valence-electron chi connectivity index (χ0n) is 14.6. The fraction of sp³-hybridized carbons (Fsp3) is 0.286. The Kier molecular flexibility index (Phi) is 4.52. The van der Waals surface area contributed by atoms with Crippen molar-refractivity contribution in [1.82, 2.24) is 14.8 Å². The van der Waals surface area contributed by atoms with Crippen LogP contribution in [-0.2, 0) is 16.1 Å². The quantitative estimate of drug-likeness (QED) is 0.798. The molecule has 0 atom stereocenters. The van der Waals surface area contributed by atoms with E-state index in [0.29, 0.717) is 17.0 Å². The monoisotopic (exact) mass is 347 g/mol. The molecule has 26 heavy (non-hydrogen) atoms. The third-order valence-electron chi connectivity index (χ3n) is 4.92. The highest BCUT2D eigenvalue weighted by Gasteiger charge is 2.41. The molecule has 0 aliphatic carbocycles. The van der Waals surface area contributed by atoms with E-state index in [0.717, 1.165) is 31.5 Å². The lowest BCUT2D eigenvalue weighted by atomic mass is 10.0. The molecule has 1 aromatic carbocycles. The van der Waals surface area contributed by atoms with Crippen LogP contribution >= 0.6 is 0 Å². The van der Waals surface area contributed by atoms with Crippen LogP contribution in [0.1, 0.15) is 30.5 Å². The average molecular weight is 347 g/mol. The summed E-state index contributed by atoms with van der Waals surface area (Å²) in [6.07, 6.45) is 4.95. The SMILES string of the molecule is O=C1C(c2ccccc2)=C(N2CCCCC2)C(=O)N1Cc1ccccn1. The highest BCUT2D eigenvalue weighted by atomic mass is 16.2. The van der Waals surface area contributed by atoms with Gasteiger partial charge in [-0.2, -0.15) is 0 Å². The summed E-state index contributed by atoms with van der Waals surface area (Å²) in [5.74, 6) is -0.436. The van der Waals surface area contributed by atoms with Gasteiger partial charge in [-0.15, -0.1) is 0 Å². The first-order valence-corrected chi connectivity index (χ1v) is 9.06. The van der Waals surface area contributed by atoms with Gasteiger partial charge < -0.3 is 4.90 Å². The molecule has 2 aliphatic rings. The van der Waals surface area contributed by atoms with Gasteiger partial charge in [-0.3, -0.25) is 19.5 Å². The van der Waals surface area contributed by atoms with Gasteiger partial charge in [0, 0.05) is 19.3 Å². The molecule has 2 aromatic rings. The number of aromatic nitrogens is 1. The van der Waals surface area contributed by atoms with Crippen molar-refractivity contribution in [3.63, 3.8) is 0 Å². The summed E-state index contributed by atoms with van der Waals surface area (Å²) in [6.45, 7) is 1.84. The summed E-state index contributed by atoms with van der Waals surface area (Å²) in [4.78, 5) is 34.0. The van der Waals surface area contributed by atoms with Gasteiger partial charge >= 0.3 is 0 Å². The number of imide groups is 1. The number of carbonyl (C=O) groups excluding carboxylic acids is 2. The Balaban J connectivity index is 1.73. The number of nitrogens with zero attached hydrogens (tertiary/aromatic N) is 3. The van der Waals surface area contributed by atoms with Gasteiger partial charge in [0.05, 0.1) is 17.8 Å². The molecule has 0 bridgehead atoms.